The van der Waals surface area contributed by atoms with Crippen LogP contribution >= 0.6 is 0 Å². The number of hydrogen-bond donors (Lipinski definition) is 2. The first-order valence-electron chi connectivity index (χ1n) is 6.71. The Bertz CT molecular complexity index is 454. The van der Waals surface area contributed by atoms with Crippen LogP contribution in [0, 0.1) is 17.8 Å². The van der Waals surface area contributed by atoms with Crippen molar-refractivity contribution in [3.63, 3.8) is 0 Å². The average molecular weight is 250 g/mol. The fourth-order valence-electron chi connectivity index (χ4n) is 2.77. The Morgan fingerprint density at radius 3 is 2.11 bits per heavy atom. The molecule has 0 bridgehead atoms. The zero-order valence-corrected chi connectivity index (χ0v) is 12.6. The summed E-state index contributed by atoms with van der Waals surface area (Å²) in [6.07, 6.45) is 0. The second-order valence-corrected chi connectivity index (χ2v) is 6.91. The van der Waals surface area contributed by atoms with Crippen molar-refractivity contribution in [1.29, 1.82) is 0 Å². The first-order valence-corrected chi connectivity index (χ1v) is 6.71. The van der Waals surface area contributed by atoms with Gasteiger partial charge < -0.3 is 11.1 Å². The lowest BCUT2D eigenvalue weighted by Gasteiger charge is -2.14. The summed E-state index contributed by atoms with van der Waals surface area (Å²) in [5.41, 5.74) is 8.42. The minimum atomic E-state index is 0.291. The molecule has 1 saturated carbocycles. The van der Waals surface area contributed by atoms with Crippen molar-refractivity contribution in [2.45, 2.75) is 60.5 Å². The first kappa shape index (κ1) is 13.2. The summed E-state index contributed by atoms with van der Waals surface area (Å²) in [4.78, 5) is 0. The molecule has 0 radical (unpaired) electrons. The molecule has 4 heteroatoms. The molecule has 102 valence electrons. The molecule has 4 nitrogen and oxygen atoms in total. The van der Waals surface area contributed by atoms with Crippen molar-refractivity contribution in [1.82, 2.24) is 9.78 Å². The van der Waals surface area contributed by atoms with E-state index in [2.05, 4.69) is 52.0 Å². The van der Waals surface area contributed by atoms with Crippen LogP contribution in [0.5, 0.6) is 0 Å². The van der Waals surface area contributed by atoms with Gasteiger partial charge in [0.25, 0.3) is 0 Å². The van der Waals surface area contributed by atoms with Crippen LogP contribution in [0.4, 0.5) is 11.5 Å². The van der Waals surface area contributed by atoms with Gasteiger partial charge >= 0.3 is 0 Å². The van der Waals surface area contributed by atoms with Crippen molar-refractivity contribution in [2.75, 3.05) is 11.1 Å². The summed E-state index contributed by atoms with van der Waals surface area (Å²) in [6, 6.07) is 0.759. The minimum Gasteiger partial charge on any atom is -0.394 e. The Kier molecular flexibility index (Phi) is 2.69. The third-order valence-electron chi connectivity index (χ3n) is 4.92. The van der Waals surface area contributed by atoms with Crippen molar-refractivity contribution >= 4 is 11.5 Å². The number of nitrogens with one attached hydrogen (secondary N) is 1. The number of nitrogen functional groups attached to an aromatic ring is 1. The third kappa shape index (κ3) is 1.62. The molecule has 1 aliphatic rings. The fourth-order valence-corrected chi connectivity index (χ4v) is 2.77. The number of aryl methyl sites for hydroxylation is 1. The number of nitrogens with two attached hydrogens (primary N) is 1. The van der Waals surface area contributed by atoms with E-state index in [1.165, 1.54) is 0 Å². The molecule has 0 spiro atoms. The number of anilines is 2. The van der Waals surface area contributed by atoms with Gasteiger partial charge in [0.2, 0.25) is 0 Å². The Labute approximate surface area is 110 Å². The van der Waals surface area contributed by atoms with E-state index in [4.69, 9.17) is 5.73 Å². The van der Waals surface area contributed by atoms with Gasteiger partial charge in [0, 0.05) is 12.1 Å². The molecule has 0 atom stereocenters. The van der Waals surface area contributed by atoms with E-state index in [1.807, 2.05) is 11.6 Å². The van der Waals surface area contributed by atoms with Gasteiger partial charge in [0.05, 0.1) is 11.4 Å². The van der Waals surface area contributed by atoms with Gasteiger partial charge in [0.1, 0.15) is 5.82 Å². The van der Waals surface area contributed by atoms with Crippen LogP contribution in [-0.4, -0.2) is 15.8 Å². The van der Waals surface area contributed by atoms with Crippen LogP contribution in [0.2, 0.25) is 0 Å². The van der Waals surface area contributed by atoms with Crippen LogP contribution in [0.15, 0.2) is 0 Å². The second-order valence-electron chi connectivity index (χ2n) is 6.91. The van der Waals surface area contributed by atoms with E-state index >= 15 is 0 Å². The molecule has 0 saturated heterocycles. The molecule has 1 aromatic heterocycles. The molecule has 3 N–H and O–H groups in total. The largest absolute Gasteiger partial charge is 0.394 e. The summed E-state index contributed by atoms with van der Waals surface area (Å²) in [7, 11) is 0. The number of aromatic nitrogens is 2. The standard InChI is InChI=1S/C14H26N4/c1-8(2)18-11(10(15)9(3)17-18)16-12-13(4,5)14(12,6)7/h8,12,16H,15H2,1-7H3. The minimum absolute atomic E-state index is 0.291. The topological polar surface area (TPSA) is 55.9 Å². The predicted molar refractivity (Wildman–Crippen MR) is 76.7 cm³/mol. The molecule has 18 heavy (non-hydrogen) atoms. The second kappa shape index (κ2) is 3.65. The van der Waals surface area contributed by atoms with Crippen molar-refractivity contribution in [3.8, 4) is 0 Å². The lowest BCUT2D eigenvalue weighted by molar-refractivity contribution is 0.457. The van der Waals surface area contributed by atoms with E-state index in [0.29, 0.717) is 22.9 Å². The molecular formula is C14H26N4. The van der Waals surface area contributed by atoms with Crippen molar-refractivity contribution in [3.05, 3.63) is 5.69 Å². The SMILES string of the molecule is Cc1nn(C(C)C)c(NC2C(C)(C)C2(C)C)c1N. The molecule has 1 fully saturated rings. The molecule has 0 amide bonds. The molecule has 0 unspecified atom stereocenters. The van der Waals surface area contributed by atoms with Gasteiger partial charge in [-0.15, -0.1) is 0 Å². The Morgan fingerprint density at radius 1 is 1.22 bits per heavy atom. The molecule has 1 aromatic rings. The predicted octanol–water partition coefficient (Wildman–Crippen LogP) is 3.20. The van der Waals surface area contributed by atoms with Crippen LogP contribution in [0.3, 0.4) is 0 Å². The van der Waals surface area contributed by atoms with E-state index in [9.17, 15) is 0 Å². The van der Waals surface area contributed by atoms with Crippen molar-refractivity contribution in [2.24, 2.45) is 10.8 Å². The highest BCUT2D eigenvalue weighted by atomic mass is 15.4. The van der Waals surface area contributed by atoms with Gasteiger partial charge in [-0.25, -0.2) is 4.68 Å². The smallest absolute Gasteiger partial charge is 0.148 e. The van der Waals surface area contributed by atoms with Gasteiger partial charge in [-0.3, -0.25) is 0 Å². The highest BCUT2D eigenvalue weighted by Gasteiger charge is 2.65. The van der Waals surface area contributed by atoms with E-state index in [-0.39, 0.29) is 0 Å². The maximum atomic E-state index is 6.15. The lowest BCUT2D eigenvalue weighted by atomic mass is 10.0. The average Bonchev–Trinajstić information content (AvgIpc) is 2.52. The van der Waals surface area contributed by atoms with Crippen LogP contribution in [0.1, 0.15) is 53.3 Å². The van der Waals surface area contributed by atoms with Gasteiger partial charge in [-0.05, 0) is 31.6 Å². The molecular weight excluding hydrogens is 224 g/mol. The van der Waals surface area contributed by atoms with Gasteiger partial charge in [0.15, 0.2) is 0 Å². The van der Waals surface area contributed by atoms with Crippen LogP contribution in [-0.2, 0) is 0 Å². The summed E-state index contributed by atoms with van der Waals surface area (Å²) < 4.78 is 2.00. The first-order chi connectivity index (χ1) is 8.10. The molecule has 2 rings (SSSR count). The lowest BCUT2D eigenvalue weighted by Crippen LogP contribution is -2.16. The molecule has 0 aromatic carbocycles. The van der Waals surface area contributed by atoms with Crippen molar-refractivity contribution < 1.29 is 0 Å². The highest BCUT2D eigenvalue weighted by Crippen LogP contribution is 2.64. The quantitative estimate of drug-likeness (QED) is 0.866. The maximum absolute atomic E-state index is 6.15. The normalized spacial score (nSPS) is 21.3. The zero-order valence-electron chi connectivity index (χ0n) is 12.6. The number of hydrogen-bond acceptors (Lipinski definition) is 3. The highest BCUT2D eigenvalue weighted by molar-refractivity contribution is 5.66. The number of nitrogens with zero attached hydrogens (tertiary/aromatic N) is 2. The zero-order chi connectivity index (χ0) is 13.9. The summed E-state index contributed by atoms with van der Waals surface area (Å²) in [5, 5.41) is 8.13. The monoisotopic (exact) mass is 250 g/mol. The molecule has 0 aliphatic heterocycles. The van der Waals surface area contributed by atoms with Crippen LogP contribution in [0.25, 0.3) is 0 Å². The van der Waals surface area contributed by atoms with Crippen LogP contribution < -0.4 is 11.1 Å². The Balaban J connectivity index is 2.31. The summed E-state index contributed by atoms with van der Waals surface area (Å²) in [5.74, 6) is 0.978. The summed E-state index contributed by atoms with van der Waals surface area (Å²) in [6.45, 7) is 15.4. The molecule has 1 aliphatic carbocycles. The summed E-state index contributed by atoms with van der Waals surface area (Å²) >= 11 is 0. The Morgan fingerprint density at radius 2 is 1.72 bits per heavy atom. The van der Waals surface area contributed by atoms with Gasteiger partial charge in [-0.1, -0.05) is 27.7 Å². The third-order valence-corrected chi connectivity index (χ3v) is 4.92. The van der Waals surface area contributed by atoms with Gasteiger partial charge in [-0.2, -0.15) is 5.10 Å². The van der Waals surface area contributed by atoms with E-state index in [0.717, 1.165) is 17.2 Å². The Hall–Kier alpha value is -1.19. The number of rotatable bonds is 3. The van der Waals surface area contributed by atoms with E-state index in [1.54, 1.807) is 0 Å². The molecule has 1 heterocycles. The van der Waals surface area contributed by atoms with E-state index < -0.39 is 0 Å². The fraction of sp³-hybridized carbons (Fsp3) is 0.786. The maximum Gasteiger partial charge on any atom is 0.148 e.